The van der Waals surface area contributed by atoms with Crippen molar-refractivity contribution in [1.82, 2.24) is 0 Å². The molecule has 0 amide bonds. The minimum Gasteiger partial charge on any atom is -0.491 e. The van der Waals surface area contributed by atoms with Gasteiger partial charge in [-0.1, -0.05) is 0 Å². The lowest BCUT2D eigenvalue weighted by Gasteiger charge is -2.14. The van der Waals surface area contributed by atoms with Gasteiger partial charge in [-0.15, -0.1) is 0 Å². The Morgan fingerprint density at radius 2 is 2.11 bits per heavy atom. The van der Waals surface area contributed by atoms with Crippen molar-refractivity contribution < 1.29 is 23.4 Å². The molecule has 2 rings (SSSR count). The van der Waals surface area contributed by atoms with Gasteiger partial charge >= 0.3 is 5.97 Å². The van der Waals surface area contributed by atoms with Crippen LogP contribution in [0.15, 0.2) is 24.3 Å². The van der Waals surface area contributed by atoms with E-state index in [0.29, 0.717) is 18.8 Å². The Hall–Kier alpha value is -1.62. The summed E-state index contributed by atoms with van der Waals surface area (Å²) < 4.78 is 28.6. The monoisotopic (exact) mass is 254 g/mol. The van der Waals surface area contributed by atoms with Gasteiger partial charge in [-0.2, -0.15) is 0 Å². The number of halogens is 1. The SMILES string of the molecule is CC(=O)OC1CCC(COc2ccc(F)cc2)O1. The molecule has 2 atom stereocenters. The van der Waals surface area contributed by atoms with Gasteiger partial charge in [0.2, 0.25) is 6.29 Å². The Balaban J connectivity index is 1.75. The molecule has 1 saturated heterocycles. The molecular weight excluding hydrogens is 239 g/mol. The zero-order chi connectivity index (χ0) is 13.0. The van der Waals surface area contributed by atoms with Gasteiger partial charge in [-0.3, -0.25) is 4.79 Å². The van der Waals surface area contributed by atoms with Gasteiger partial charge in [0.1, 0.15) is 18.2 Å². The van der Waals surface area contributed by atoms with Crippen molar-refractivity contribution in [1.29, 1.82) is 0 Å². The van der Waals surface area contributed by atoms with Crippen LogP contribution in [0.25, 0.3) is 0 Å². The van der Waals surface area contributed by atoms with Crippen molar-refractivity contribution in [3.8, 4) is 5.75 Å². The molecule has 1 fully saturated rings. The minimum absolute atomic E-state index is 0.0978. The maximum absolute atomic E-state index is 12.7. The third-order valence-electron chi connectivity index (χ3n) is 2.62. The molecule has 1 heterocycles. The van der Waals surface area contributed by atoms with E-state index in [0.717, 1.165) is 6.42 Å². The van der Waals surface area contributed by atoms with E-state index < -0.39 is 6.29 Å². The summed E-state index contributed by atoms with van der Waals surface area (Å²) in [6.45, 7) is 1.72. The van der Waals surface area contributed by atoms with E-state index in [-0.39, 0.29) is 17.9 Å². The molecule has 2 unspecified atom stereocenters. The van der Waals surface area contributed by atoms with Crippen molar-refractivity contribution in [2.24, 2.45) is 0 Å². The zero-order valence-corrected chi connectivity index (χ0v) is 10.1. The molecule has 98 valence electrons. The van der Waals surface area contributed by atoms with Crippen LogP contribution >= 0.6 is 0 Å². The normalized spacial score (nSPS) is 22.8. The molecule has 0 aliphatic carbocycles. The summed E-state index contributed by atoms with van der Waals surface area (Å²) in [7, 11) is 0. The average Bonchev–Trinajstić information content (AvgIpc) is 2.75. The van der Waals surface area contributed by atoms with Crippen molar-refractivity contribution in [3.05, 3.63) is 30.1 Å². The highest BCUT2D eigenvalue weighted by Gasteiger charge is 2.27. The van der Waals surface area contributed by atoms with Crippen LogP contribution in [-0.2, 0) is 14.3 Å². The van der Waals surface area contributed by atoms with E-state index in [1.807, 2.05) is 0 Å². The molecule has 0 spiro atoms. The van der Waals surface area contributed by atoms with Crippen molar-refractivity contribution in [2.75, 3.05) is 6.61 Å². The quantitative estimate of drug-likeness (QED) is 0.773. The van der Waals surface area contributed by atoms with Gasteiger partial charge in [0.15, 0.2) is 0 Å². The molecule has 4 nitrogen and oxygen atoms in total. The lowest BCUT2D eigenvalue weighted by atomic mass is 10.2. The number of rotatable bonds is 4. The first-order chi connectivity index (χ1) is 8.63. The Bertz CT molecular complexity index is 404. The van der Waals surface area contributed by atoms with Crippen LogP contribution < -0.4 is 4.74 Å². The first-order valence-corrected chi connectivity index (χ1v) is 5.84. The Morgan fingerprint density at radius 1 is 1.39 bits per heavy atom. The van der Waals surface area contributed by atoms with E-state index in [1.165, 1.54) is 19.1 Å². The van der Waals surface area contributed by atoms with Gasteiger partial charge in [-0.25, -0.2) is 4.39 Å². The average molecular weight is 254 g/mol. The zero-order valence-electron chi connectivity index (χ0n) is 10.1. The van der Waals surface area contributed by atoms with Crippen LogP contribution in [0.2, 0.25) is 0 Å². The van der Waals surface area contributed by atoms with Crippen molar-refractivity contribution in [2.45, 2.75) is 32.2 Å². The third-order valence-corrected chi connectivity index (χ3v) is 2.62. The van der Waals surface area contributed by atoms with Gasteiger partial charge in [0.25, 0.3) is 0 Å². The summed E-state index contributed by atoms with van der Waals surface area (Å²) in [5.74, 6) is -0.0505. The Labute approximate surface area is 105 Å². The number of benzene rings is 1. The van der Waals surface area contributed by atoms with E-state index >= 15 is 0 Å². The highest BCUT2D eigenvalue weighted by molar-refractivity contribution is 5.66. The first kappa shape index (κ1) is 12.8. The maximum Gasteiger partial charge on any atom is 0.304 e. The fourth-order valence-corrected chi connectivity index (χ4v) is 1.79. The Kier molecular flexibility index (Phi) is 4.15. The smallest absolute Gasteiger partial charge is 0.304 e. The second kappa shape index (κ2) is 5.82. The highest BCUT2D eigenvalue weighted by Crippen LogP contribution is 2.22. The molecular formula is C13H15FO4. The van der Waals surface area contributed by atoms with Crippen LogP contribution in [0.5, 0.6) is 5.75 Å². The molecule has 0 radical (unpaired) electrons. The summed E-state index contributed by atoms with van der Waals surface area (Å²) in [5, 5.41) is 0. The lowest BCUT2D eigenvalue weighted by molar-refractivity contribution is -0.174. The van der Waals surface area contributed by atoms with Crippen molar-refractivity contribution >= 4 is 5.97 Å². The second-order valence-electron chi connectivity index (χ2n) is 4.14. The van der Waals surface area contributed by atoms with Gasteiger partial charge < -0.3 is 14.2 Å². The maximum atomic E-state index is 12.7. The molecule has 1 aliphatic rings. The van der Waals surface area contributed by atoms with Crippen LogP contribution in [0, 0.1) is 5.82 Å². The van der Waals surface area contributed by atoms with E-state index in [2.05, 4.69) is 0 Å². The van der Waals surface area contributed by atoms with Gasteiger partial charge in [0.05, 0.1) is 6.10 Å². The first-order valence-electron chi connectivity index (χ1n) is 5.84. The second-order valence-corrected chi connectivity index (χ2v) is 4.14. The molecule has 1 aliphatic heterocycles. The number of hydrogen-bond acceptors (Lipinski definition) is 4. The number of hydrogen-bond donors (Lipinski definition) is 0. The van der Waals surface area contributed by atoms with Crippen LogP contribution in [-0.4, -0.2) is 25.0 Å². The van der Waals surface area contributed by atoms with E-state index in [1.54, 1.807) is 12.1 Å². The summed E-state index contributed by atoms with van der Waals surface area (Å²) in [4.78, 5) is 10.7. The van der Waals surface area contributed by atoms with Gasteiger partial charge in [0, 0.05) is 13.3 Å². The molecule has 0 bridgehead atoms. The number of carbonyl (C=O) groups is 1. The largest absolute Gasteiger partial charge is 0.491 e. The van der Waals surface area contributed by atoms with E-state index in [4.69, 9.17) is 14.2 Å². The van der Waals surface area contributed by atoms with Crippen LogP contribution in [0.3, 0.4) is 0 Å². The molecule has 5 heteroatoms. The summed E-state index contributed by atoms with van der Waals surface area (Å²) in [6.07, 6.45) is 0.889. The lowest BCUT2D eigenvalue weighted by Crippen LogP contribution is -2.21. The number of esters is 1. The predicted octanol–water partition coefficient (Wildman–Crippen LogP) is 2.27. The molecule has 0 aromatic heterocycles. The Morgan fingerprint density at radius 3 is 2.78 bits per heavy atom. The number of carbonyl (C=O) groups excluding carboxylic acids is 1. The molecule has 18 heavy (non-hydrogen) atoms. The molecule has 0 saturated carbocycles. The van der Waals surface area contributed by atoms with Crippen LogP contribution in [0.1, 0.15) is 19.8 Å². The molecule has 1 aromatic rings. The highest BCUT2D eigenvalue weighted by atomic mass is 19.1. The summed E-state index contributed by atoms with van der Waals surface area (Å²) in [5.41, 5.74) is 0. The number of ether oxygens (including phenoxy) is 3. The molecule has 0 N–H and O–H groups in total. The summed E-state index contributed by atoms with van der Waals surface area (Å²) in [6, 6.07) is 5.81. The minimum atomic E-state index is -0.468. The molecule has 1 aromatic carbocycles. The van der Waals surface area contributed by atoms with Crippen molar-refractivity contribution in [3.63, 3.8) is 0 Å². The topological polar surface area (TPSA) is 44.8 Å². The van der Waals surface area contributed by atoms with Gasteiger partial charge in [-0.05, 0) is 30.7 Å². The fraction of sp³-hybridized carbons (Fsp3) is 0.462. The summed E-state index contributed by atoms with van der Waals surface area (Å²) >= 11 is 0. The predicted molar refractivity (Wildman–Crippen MR) is 61.6 cm³/mol. The standard InChI is InChI=1S/C13H15FO4/c1-9(15)17-13-7-6-12(18-13)8-16-11-4-2-10(14)3-5-11/h2-5,12-13H,6-8H2,1H3. The third kappa shape index (κ3) is 3.70. The fourth-order valence-electron chi connectivity index (χ4n) is 1.79. The van der Waals surface area contributed by atoms with Crippen LogP contribution in [0.4, 0.5) is 4.39 Å². The van der Waals surface area contributed by atoms with E-state index in [9.17, 15) is 9.18 Å².